The monoisotopic (exact) mass is 448 g/mol. The highest BCUT2D eigenvalue weighted by Gasteiger charge is 2.30. The van der Waals surface area contributed by atoms with Gasteiger partial charge in [-0.3, -0.25) is 24.3 Å². The predicted octanol–water partition coefficient (Wildman–Crippen LogP) is 0.979. The molecule has 0 bridgehead atoms. The minimum Gasteiger partial charge on any atom is -0.383 e. The van der Waals surface area contributed by atoms with Gasteiger partial charge in [0.25, 0.3) is 5.91 Å². The van der Waals surface area contributed by atoms with Crippen LogP contribution < -0.4 is 11.1 Å². The number of pyridine rings is 1. The van der Waals surface area contributed by atoms with Gasteiger partial charge in [-0.25, -0.2) is 8.78 Å². The van der Waals surface area contributed by atoms with Gasteiger partial charge in [0.05, 0.1) is 25.6 Å². The van der Waals surface area contributed by atoms with Crippen molar-refractivity contribution < 1.29 is 27.9 Å². The van der Waals surface area contributed by atoms with E-state index in [1.54, 1.807) is 24.4 Å². The topological polar surface area (TPSA) is 115 Å². The van der Waals surface area contributed by atoms with Crippen molar-refractivity contribution in [1.29, 1.82) is 0 Å². The summed E-state index contributed by atoms with van der Waals surface area (Å²) in [5.74, 6) is -3.56. The van der Waals surface area contributed by atoms with Crippen molar-refractivity contribution in [3.63, 3.8) is 0 Å². The lowest BCUT2D eigenvalue weighted by atomic mass is 10.1. The summed E-state index contributed by atoms with van der Waals surface area (Å²) in [6.07, 6.45) is 1.36. The first-order valence-corrected chi connectivity index (χ1v) is 9.95. The van der Waals surface area contributed by atoms with Crippen molar-refractivity contribution >= 4 is 17.7 Å². The smallest absolute Gasteiger partial charge is 0.251 e. The van der Waals surface area contributed by atoms with Crippen LogP contribution in [0.3, 0.4) is 0 Å². The van der Waals surface area contributed by atoms with Crippen molar-refractivity contribution in [2.45, 2.75) is 31.8 Å². The van der Waals surface area contributed by atoms with Crippen molar-refractivity contribution in [1.82, 2.24) is 15.2 Å². The third-order valence-corrected chi connectivity index (χ3v) is 4.56. The fraction of sp³-hybridized carbons (Fsp3) is 0.364. The normalized spacial score (nSPS) is 12.7. The van der Waals surface area contributed by atoms with Gasteiger partial charge in [0.2, 0.25) is 11.8 Å². The quantitative estimate of drug-likeness (QED) is 0.560. The average Bonchev–Trinajstić information content (AvgIpc) is 2.73. The molecular weight excluding hydrogens is 422 g/mol. The van der Waals surface area contributed by atoms with Gasteiger partial charge in [0, 0.05) is 31.5 Å². The van der Waals surface area contributed by atoms with Crippen LogP contribution in [0, 0.1) is 11.6 Å². The van der Waals surface area contributed by atoms with Crippen LogP contribution in [0.5, 0.6) is 0 Å². The molecule has 3 N–H and O–H groups in total. The van der Waals surface area contributed by atoms with Gasteiger partial charge >= 0.3 is 0 Å². The molecule has 1 unspecified atom stereocenters. The van der Waals surface area contributed by atoms with Crippen LogP contribution in [-0.2, 0) is 32.0 Å². The highest BCUT2D eigenvalue weighted by molar-refractivity contribution is 6.01. The number of aromatic nitrogens is 1. The molecule has 32 heavy (non-hydrogen) atoms. The molecule has 0 aliphatic rings. The summed E-state index contributed by atoms with van der Waals surface area (Å²) in [6.45, 7) is 1.43. The summed E-state index contributed by atoms with van der Waals surface area (Å²) in [7, 11) is 1.42. The standard InChI is InChI=1S/C22H26F2N4O4/c1-14(27-20(29)11-15-9-16(23)12-17(24)10-15)21(30)28(7-8-32-2)22(31)19(25)13-18-5-3-4-6-26-18/h3-6,9-10,12,14,19H,7-8,11,13,25H2,1-2H3,(H,27,29)/t14-,19?/m0/s1. The van der Waals surface area contributed by atoms with Crippen molar-refractivity contribution in [2.75, 3.05) is 20.3 Å². The highest BCUT2D eigenvalue weighted by Crippen LogP contribution is 2.09. The van der Waals surface area contributed by atoms with Gasteiger partial charge in [-0.2, -0.15) is 0 Å². The molecule has 0 spiro atoms. The molecule has 2 atom stereocenters. The van der Waals surface area contributed by atoms with E-state index in [-0.39, 0.29) is 31.6 Å². The van der Waals surface area contributed by atoms with Gasteiger partial charge in [-0.05, 0) is 36.8 Å². The van der Waals surface area contributed by atoms with Gasteiger partial charge in [-0.1, -0.05) is 6.07 Å². The number of benzene rings is 1. The number of hydrogen-bond donors (Lipinski definition) is 2. The van der Waals surface area contributed by atoms with Crippen LogP contribution >= 0.6 is 0 Å². The number of imide groups is 1. The Morgan fingerprint density at radius 1 is 1.16 bits per heavy atom. The van der Waals surface area contributed by atoms with Crippen LogP contribution in [0.2, 0.25) is 0 Å². The van der Waals surface area contributed by atoms with E-state index in [2.05, 4.69) is 10.3 Å². The van der Waals surface area contributed by atoms with E-state index in [9.17, 15) is 23.2 Å². The maximum absolute atomic E-state index is 13.3. The second kappa shape index (κ2) is 12.0. The van der Waals surface area contributed by atoms with Gasteiger partial charge in [0.15, 0.2) is 0 Å². The highest BCUT2D eigenvalue weighted by atomic mass is 19.1. The Morgan fingerprint density at radius 2 is 1.84 bits per heavy atom. The lowest BCUT2D eigenvalue weighted by molar-refractivity contribution is -0.148. The van der Waals surface area contributed by atoms with Crippen LogP contribution in [-0.4, -0.2) is 60.0 Å². The summed E-state index contributed by atoms with van der Waals surface area (Å²) < 4.78 is 31.6. The molecule has 10 heteroatoms. The minimum atomic E-state index is -1.08. The molecule has 0 saturated carbocycles. The first-order chi connectivity index (χ1) is 15.2. The molecule has 0 saturated heterocycles. The Bertz CT molecular complexity index is 923. The summed E-state index contributed by atoms with van der Waals surface area (Å²) in [6, 6.07) is 5.85. The number of amides is 3. The van der Waals surface area contributed by atoms with Crippen LogP contribution in [0.4, 0.5) is 8.78 Å². The molecule has 1 aromatic carbocycles. The second-order valence-electron chi connectivity index (χ2n) is 7.20. The number of ether oxygens (including phenoxy) is 1. The molecule has 8 nitrogen and oxygen atoms in total. The number of carbonyl (C=O) groups is 3. The summed E-state index contributed by atoms with van der Waals surface area (Å²) in [4.78, 5) is 43.1. The van der Waals surface area contributed by atoms with Crippen molar-refractivity contribution in [3.8, 4) is 0 Å². The maximum Gasteiger partial charge on any atom is 0.251 e. The number of rotatable bonds is 10. The molecule has 1 heterocycles. The fourth-order valence-corrected chi connectivity index (χ4v) is 3.03. The Balaban J connectivity index is 2.04. The SMILES string of the molecule is COCCN(C(=O)C(N)Cc1ccccn1)C(=O)[C@H](C)NC(=O)Cc1cc(F)cc(F)c1. The van der Waals surface area contributed by atoms with E-state index in [1.807, 2.05) is 0 Å². The molecule has 1 aromatic heterocycles. The van der Waals surface area contributed by atoms with Crippen LogP contribution in [0.25, 0.3) is 0 Å². The first kappa shape index (κ1) is 25.0. The Labute approximate surface area is 184 Å². The molecule has 0 fully saturated rings. The summed E-state index contributed by atoms with van der Waals surface area (Å²) in [5, 5.41) is 2.45. The number of nitrogens with zero attached hydrogens (tertiary/aromatic N) is 2. The van der Waals surface area contributed by atoms with Crippen molar-refractivity contribution in [2.24, 2.45) is 5.73 Å². The largest absolute Gasteiger partial charge is 0.383 e. The maximum atomic E-state index is 13.3. The molecule has 172 valence electrons. The lowest BCUT2D eigenvalue weighted by Gasteiger charge is -2.26. The molecule has 3 amide bonds. The van der Waals surface area contributed by atoms with E-state index < -0.39 is 41.4 Å². The third-order valence-electron chi connectivity index (χ3n) is 4.56. The lowest BCUT2D eigenvalue weighted by Crippen LogP contribution is -2.54. The minimum absolute atomic E-state index is 0.0561. The number of nitrogens with one attached hydrogen (secondary N) is 1. The van der Waals surface area contributed by atoms with E-state index in [0.29, 0.717) is 11.8 Å². The molecule has 0 aliphatic heterocycles. The van der Waals surface area contributed by atoms with Gasteiger partial charge in [0.1, 0.15) is 17.7 Å². The molecule has 0 radical (unpaired) electrons. The zero-order valence-electron chi connectivity index (χ0n) is 17.9. The van der Waals surface area contributed by atoms with Gasteiger partial charge in [-0.15, -0.1) is 0 Å². The van der Waals surface area contributed by atoms with Crippen LogP contribution in [0.1, 0.15) is 18.2 Å². The van der Waals surface area contributed by atoms with E-state index in [1.165, 1.54) is 14.0 Å². The number of methoxy groups -OCH3 is 1. The number of halogens is 2. The summed E-state index contributed by atoms with van der Waals surface area (Å²) in [5.41, 5.74) is 6.72. The molecule has 0 aliphatic carbocycles. The zero-order valence-corrected chi connectivity index (χ0v) is 17.9. The second-order valence-corrected chi connectivity index (χ2v) is 7.20. The summed E-state index contributed by atoms with van der Waals surface area (Å²) >= 11 is 0. The van der Waals surface area contributed by atoms with E-state index >= 15 is 0 Å². The van der Waals surface area contributed by atoms with E-state index in [0.717, 1.165) is 17.0 Å². The van der Waals surface area contributed by atoms with E-state index in [4.69, 9.17) is 10.5 Å². The number of hydrogen-bond acceptors (Lipinski definition) is 6. The average molecular weight is 448 g/mol. The predicted molar refractivity (Wildman–Crippen MR) is 112 cm³/mol. The van der Waals surface area contributed by atoms with Gasteiger partial charge < -0.3 is 15.8 Å². The Hall–Kier alpha value is -3.24. The fourth-order valence-electron chi connectivity index (χ4n) is 3.03. The molecule has 2 rings (SSSR count). The third kappa shape index (κ3) is 7.47. The number of carbonyl (C=O) groups excluding carboxylic acids is 3. The number of nitrogens with two attached hydrogens (primary N) is 1. The zero-order chi connectivity index (χ0) is 23.7. The van der Waals surface area contributed by atoms with Crippen LogP contribution in [0.15, 0.2) is 42.6 Å². The molecular formula is C22H26F2N4O4. The Morgan fingerprint density at radius 3 is 2.44 bits per heavy atom. The molecule has 2 aromatic rings. The first-order valence-electron chi connectivity index (χ1n) is 9.95. The Kier molecular flexibility index (Phi) is 9.36. The van der Waals surface area contributed by atoms with Crippen molar-refractivity contribution in [3.05, 3.63) is 65.5 Å².